The number of hydrogen-bond donors (Lipinski definition) is 5. The molecule has 0 aliphatic carbocycles. The molecule has 7 rings (SSSR count). The van der Waals surface area contributed by atoms with Gasteiger partial charge in [0.1, 0.15) is 40.8 Å². The number of benzene rings is 2. The lowest BCUT2D eigenvalue weighted by atomic mass is 9.72. The molecule has 3 aliphatic heterocycles. The zero-order chi connectivity index (χ0) is 32.4. The van der Waals surface area contributed by atoms with Gasteiger partial charge in [-0.05, 0) is 48.6 Å². The first-order chi connectivity index (χ1) is 22.1. The molecular formula is C34H35N5O7. The van der Waals surface area contributed by atoms with Crippen LogP contribution < -0.4 is 20.7 Å². The summed E-state index contributed by atoms with van der Waals surface area (Å²) in [4.78, 5) is 36.6. The molecule has 3 unspecified atom stereocenters. The zero-order valence-electron chi connectivity index (χ0n) is 25.7. The van der Waals surface area contributed by atoms with Crippen LogP contribution in [0.5, 0.6) is 5.75 Å². The van der Waals surface area contributed by atoms with Crippen molar-refractivity contribution < 1.29 is 33.4 Å². The van der Waals surface area contributed by atoms with Crippen molar-refractivity contribution in [3.05, 3.63) is 94.9 Å². The van der Waals surface area contributed by atoms with Crippen LogP contribution in [-0.2, 0) is 28.0 Å². The Morgan fingerprint density at radius 1 is 1.15 bits per heavy atom. The summed E-state index contributed by atoms with van der Waals surface area (Å²) in [5, 5.41) is 30.0. The first kappa shape index (κ1) is 29.8. The lowest BCUT2D eigenvalue weighted by molar-refractivity contribution is -0.143. The van der Waals surface area contributed by atoms with Crippen LogP contribution in [0.3, 0.4) is 0 Å². The lowest BCUT2D eigenvalue weighted by Gasteiger charge is -2.29. The first-order valence-electron chi connectivity index (χ1n) is 15.3. The largest absolute Gasteiger partial charge is 0.469 e. The Kier molecular flexibility index (Phi) is 7.02. The summed E-state index contributed by atoms with van der Waals surface area (Å²) in [6.07, 6.45) is 1.22. The number of hydrogen-bond acceptors (Lipinski definition) is 10. The molecule has 12 nitrogen and oxygen atoms in total. The van der Waals surface area contributed by atoms with Crippen LogP contribution in [0.25, 0.3) is 11.6 Å². The van der Waals surface area contributed by atoms with E-state index in [4.69, 9.17) is 18.6 Å². The average Bonchev–Trinajstić information content (AvgIpc) is 3.83. The van der Waals surface area contributed by atoms with E-state index in [1.807, 2.05) is 42.5 Å². The maximum atomic E-state index is 14.0. The van der Waals surface area contributed by atoms with Crippen LogP contribution in [0.1, 0.15) is 73.7 Å². The minimum Gasteiger partial charge on any atom is -0.469 e. The number of rotatable bonds is 7. The number of carbonyl (C=O) groups excluding carboxylic acids is 2. The van der Waals surface area contributed by atoms with Gasteiger partial charge in [0, 0.05) is 17.7 Å². The second-order valence-corrected chi connectivity index (χ2v) is 12.1. The number of oxazole rings is 2. The van der Waals surface area contributed by atoms with E-state index in [9.17, 15) is 19.8 Å². The molecule has 0 fully saturated rings. The third-order valence-corrected chi connectivity index (χ3v) is 9.34. The first-order valence-corrected chi connectivity index (χ1v) is 15.3. The van der Waals surface area contributed by atoms with Gasteiger partial charge in [0.25, 0.3) is 5.91 Å². The summed E-state index contributed by atoms with van der Waals surface area (Å²) in [7, 11) is 0. The van der Waals surface area contributed by atoms with E-state index in [2.05, 4.69) is 27.5 Å². The summed E-state index contributed by atoms with van der Waals surface area (Å²) in [6.45, 7) is 8.96. The molecular weight excluding hydrogens is 590 g/mol. The van der Waals surface area contributed by atoms with Crippen molar-refractivity contribution in [1.29, 1.82) is 0 Å². The number of ether oxygens (including phenoxy) is 1. The molecule has 5 N–H and O–H groups in total. The molecule has 1 spiro atoms. The highest BCUT2D eigenvalue weighted by atomic mass is 16.5. The number of nitrogens with one attached hydrogen (secondary N) is 3. The Morgan fingerprint density at radius 2 is 1.93 bits per heavy atom. The number of amides is 2. The Hall–Kier alpha value is -4.94. The van der Waals surface area contributed by atoms with Crippen molar-refractivity contribution in [3.63, 3.8) is 0 Å². The maximum Gasteiger partial charge on any atom is 0.252 e. The summed E-state index contributed by atoms with van der Waals surface area (Å²) in [5.41, 5.74) is 1.66. The van der Waals surface area contributed by atoms with Crippen LogP contribution in [-0.4, -0.2) is 49.9 Å². The topological polar surface area (TPSA) is 172 Å². The van der Waals surface area contributed by atoms with Crippen LogP contribution in [0.15, 0.2) is 69.7 Å². The van der Waals surface area contributed by atoms with Gasteiger partial charge in [-0.25, -0.2) is 9.97 Å². The molecule has 5 heterocycles. The molecule has 3 aliphatic rings. The van der Waals surface area contributed by atoms with Crippen LogP contribution in [0.4, 0.5) is 5.69 Å². The van der Waals surface area contributed by atoms with E-state index in [1.54, 1.807) is 20.8 Å². The third kappa shape index (κ3) is 4.35. The number of aliphatic hydroxyl groups excluding tert-OH is 1. The highest BCUT2D eigenvalue weighted by Gasteiger charge is 2.61. The van der Waals surface area contributed by atoms with Crippen molar-refractivity contribution in [2.24, 2.45) is 0 Å². The smallest absolute Gasteiger partial charge is 0.252 e. The van der Waals surface area contributed by atoms with Gasteiger partial charge in [-0.1, -0.05) is 50.8 Å². The number of para-hydroxylation sites is 1. The van der Waals surface area contributed by atoms with Gasteiger partial charge in [0.15, 0.2) is 17.7 Å². The molecule has 4 aromatic rings. The van der Waals surface area contributed by atoms with Crippen molar-refractivity contribution in [1.82, 2.24) is 20.6 Å². The monoisotopic (exact) mass is 625 g/mol. The Morgan fingerprint density at radius 3 is 2.65 bits per heavy atom. The minimum atomic E-state index is -1.63. The normalized spacial score (nSPS) is 22.8. The van der Waals surface area contributed by atoms with E-state index in [-0.39, 0.29) is 43.3 Å². The molecule has 46 heavy (non-hydrogen) atoms. The number of nitrogens with zero attached hydrogens (tertiary/aromatic N) is 2. The standard InChI is InChI=1S/C34H35N5O7/c1-5-33(43,6-2)31(42)36-23-14-18-11-12-24-21(13-18)34(20-9-7-8-10-22(20)37-32(34)45-24)27-26(29-35-19(15-40)16-44-29)39-30(46-27)25(17(3)4)38-28(23)41/h7-13,16,23,25,32,37,40,43H,3,5-6,14-15H2,1-2,4H3,(H,36,42)(H,38,41)/t23-,25?,32?,34?/m0/s1. The molecule has 0 radical (unpaired) electrons. The number of carbonyl (C=O) groups is 2. The Bertz CT molecular complexity index is 1870. The van der Waals surface area contributed by atoms with Crippen LogP contribution >= 0.6 is 0 Å². The predicted molar refractivity (Wildman–Crippen MR) is 166 cm³/mol. The van der Waals surface area contributed by atoms with Crippen molar-refractivity contribution in [2.45, 2.75) is 76.0 Å². The van der Waals surface area contributed by atoms with Gasteiger partial charge in [-0.15, -0.1) is 0 Å². The summed E-state index contributed by atoms with van der Waals surface area (Å²) < 4.78 is 19.1. The fourth-order valence-electron chi connectivity index (χ4n) is 6.66. The fraction of sp³-hybridized carbons (Fsp3) is 0.353. The number of aliphatic hydroxyl groups is 2. The highest BCUT2D eigenvalue weighted by Crippen LogP contribution is 2.59. The van der Waals surface area contributed by atoms with Gasteiger partial charge >= 0.3 is 0 Å². The molecule has 0 saturated heterocycles. The quantitative estimate of drug-likeness (QED) is 0.191. The van der Waals surface area contributed by atoms with Gasteiger partial charge in [0.05, 0.1) is 6.61 Å². The fourth-order valence-corrected chi connectivity index (χ4v) is 6.66. The second kappa shape index (κ2) is 10.8. The minimum absolute atomic E-state index is 0.126. The Balaban J connectivity index is 1.48. The number of fused-ring (bicyclic) bond motifs is 4. The molecule has 4 bridgehead atoms. The van der Waals surface area contributed by atoms with E-state index in [0.717, 1.165) is 22.4 Å². The molecule has 4 atom stereocenters. The van der Waals surface area contributed by atoms with Gasteiger partial charge in [-0.3, -0.25) is 9.59 Å². The van der Waals surface area contributed by atoms with Crippen LogP contribution in [0.2, 0.25) is 0 Å². The molecule has 2 amide bonds. The molecule has 0 saturated carbocycles. The summed E-state index contributed by atoms with van der Waals surface area (Å²) in [6, 6.07) is 11.5. The summed E-state index contributed by atoms with van der Waals surface area (Å²) in [5.74, 6) is 0.106. The number of aromatic nitrogens is 2. The lowest BCUT2D eigenvalue weighted by Crippen LogP contribution is -2.55. The summed E-state index contributed by atoms with van der Waals surface area (Å²) >= 11 is 0. The molecule has 238 valence electrons. The van der Waals surface area contributed by atoms with E-state index in [0.29, 0.717) is 22.8 Å². The molecule has 12 heteroatoms. The van der Waals surface area contributed by atoms with Gasteiger partial charge < -0.3 is 39.7 Å². The molecule has 2 aromatic heterocycles. The zero-order valence-corrected chi connectivity index (χ0v) is 25.7. The van der Waals surface area contributed by atoms with Gasteiger partial charge in [0.2, 0.25) is 17.7 Å². The van der Waals surface area contributed by atoms with Crippen LogP contribution in [0, 0.1) is 0 Å². The van der Waals surface area contributed by atoms with Gasteiger partial charge in [-0.2, -0.15) is 0 Å². The number of anilines is 1. The third-order valence-electron chi connectivity index (χ3n) is 9.34. The van der Waals surface area contributed by atoms with Crippen molar-refractivity contribution >= 4 is 17.5 Å². The molecule has 2 aromatic carbocycles. The van der Waals surface area contributed by atoms with E-state index < -0.39 is 41.1 Å². The average molecular weight is 626 g/mol. The van der Waals surface area contributed by atoms with E-state index >= 15 is 0 Å². The van der Waals surface area contributed by atoms with Crippen molar-refractivity contribution in [2.75, 3.05) is 5.32 Å². The van der Waals surface area contributed by atoms with E-state index in [1.165, 1.54) is 6.26 Å². The maximum absolute atomic E-state index is 14.0. The Labute approximate surface area is 264 Å². The second-order valence-electron chi connectivity index (χ2n) is 12.1. The SMILES string of the molecule is C=C(C)C1NC(=O)[C@@H](NC(=O)C(O)(CC)CC)Cc2ccc3c(c2)C2(c4ccccc4NC2O3)c2oc1nc2-c1nc(CO)co1. The predicted octanol–water partition coefficient (Wildman–Crippen LogP) is 3.63. The van der Waals surface area contributed by atoms with Crippen molar-refractivity contribution in [3.8, 4) is 17.3 Å². The highest BCUT2D eigenvalue weighted by molar-refractivity contribution is 5.92.